The number of likely N-dealkylation sites (N-methyl/N-ethyl adjacent to an activating group) is 4. The maximum atomic E-state index is 13.5. The highest BCUT2D eigenvalue weighted by atomic mass is 19.2. The number of carbonyl (C=O) groups is 6. The van der Waals surface area contributed by atoms with Crippen LogP contribution >= 0.6 is 0 Å². The van der Waals surface area contributed by atoms with Gasteiger partial charge >= 0.3 is 0 Å². The van der Waals surface area contributed by atoms with E-state index in [-0.39, 0.29) is 103 Å². The normalized spacial score (nSPS) is 14.8. The van der Waals surface area contributed by atoms with Gasteiger partial charge in [0.2, 0.25) is 0 Å². The number of aromatic nitrogens is 6. The van der Waals surface area contributed by atoms with Gasteiger partial charge in [0.1, 0.15) is 69.1 Å². The molecule has 6 aromatic carbocycles. The molecule has 0 atom stereocenters. The Balaban J connectivity index is 0.000000145. The van der Waals surface area contributed by atoms with Gasteiger partial charge < -0.3 is 48.3 Å². The van der Waals surface area contributed by atoms with Gasteiger partial charge in [-0.25, -0.2) is 65.0 Å². The van der Waals surface area contributed by atoms with Crippen LogP contribution in [-0.2, 0) is 18.9 Å². The van der Waals surface area contributed by atoms with Crippen molar-refractivity contribution < 1.29 is 82.8 Å². The average molecular weight is 1950 g/mol. The van der Waals surface area contributed by atoms with Crippen LogP contribution in [0.4, 0.5) is 35.1 Å². The van der Waals surface area contributed by atoms with Gasteiger partial charge in [0.05, 0.1) is 80.6 Å². The molecule has 6 aromatic heterocycles. The zero-order chi connectivity index (χ0) is 103. The third-order valence-corrected chi connectivity index (χ3v) is 25.1. The van der Waals surface area contributed by atoms with Crippen molar-refractivity contribution in [3.05, 3.63) is 391 Å². The molecule has 10 heterocycles. The standard InChI is InChI=1S/2C19H16F2N2O2.2C19H17FN2O2.2C19H17FN2O/c1-19(11-25-12-19)23(2)18(24)17-8-4-13(10-22-17)3-5-14-9-15(20)6-7-16(14)21;1-19(11-25-12-19)23(2)18(24)17-8-6-14(10-22-17)4-3-13-5-7-15(20)16(21)9-13;1-19(12-24-13-19)22(2)18(23)17-10-7-15(11-21-17)4-3-14-5-8-16(20)9-6-14;1-19(12-24-13-19)22(2)18(23)17-9-8-15(11-21-17)7-6-14-4-3-5-16(20)10-14;1-19(11-12-19)22(2)18(23)17-10-7-15(13-21-17)4-3-14-5-8-16(20)9-6-14;1-19(10-11-19)22(2)18(23)17-9-8-15(13-21-17)7-6-14-4-3-5-16(20)12-14/h4,6-10H,11-12H2,1-2H3;5-10H,11-12H2,1-2H3;5-11H,12-13H2,1-2H3;3-5,8-11H,12-13H2,1-2H3;5-10,13H,11-12H2,1-2H3;3-5,8-9,12-13H,10-11H2,1-2H3. The molecule has 30 heteroatoms. The lowest BCUT2D eigenvalue weighted by Crippen LogP contribution is -2.60. The van der Waals surface area contributed by atoms with Crippen LogP contribution < -0.4 is 0 Å². The van der Waals surface area contributed by atoms with E-state index in [0.29, 0.717) is 137 Å². The maximum absolute atomic E-state index is 13.5. The first kappa shape index (κ1) is 105. The third kappa shape index (κ3) is 27.7. The Labute approximate surface area is 830 Å². The predicted molar refractivity (Wildman–Crippen MR) is 524 cm³/mol. The Morgan fingerprint density at radius 3 is 0.681 bits per heavy atom. The van der Waals surface area contributed by atoms with E-state index in [1.807, 2.05) is 41.8 Å². The fraction of sp³-hybridized carbons (Fsp3) is 0.263. The largest absolute Gasteiger partial charge is 0.376 e. The molecule has 0 radical (unpaired) electrons. The Hall–Kier alpha value is -16.3. The van der Waals surface area contributed by atoms with Gasteiger partial charge in [-0.2, -0.15) is 0 Å². The first-order valence-electron chi connectivity index (χ1n) is 45.5. The summed E-state index contributed by atoms with van der Waals surface area (Å²) in [5, 5.41) is 0. The van der Waals surface area contributed by atoms with E-state index in [4.69, 9.17) is 18.9 Å². The lowest BCUT2D eigenvalue weighted by atomic mass is 9.98. The van der Waals surface area contributed by atoms with E-state index in [1.165, 1.54) is 67.0 Å². The van der Waals surface area contributed by atoms with Crippen LogP contribution in [0.5, 0.6) is 0 Å². The van der Waals surface area contributed by atoms with E-state index in [1.54, 1.807) is 204 Å². The summed E-state index contributed by atoms with van der Waals surface area (Å²) in [4.78, 5) is 110. The predicted octanol–water partition coefficient (Wildman–Crippen LogP) is 16.7. The molecule has 4 aliphatic heterocycles. The number of pyridine rings is 6. The molecule has 6 aliphatic rings. The number of hydrogen-bond acceptors (Lipinski definition) is 16. The van der Waals surface area contributed by atoms with Gasteiger partial charge in [0, 0.05) is 152 Å². The first-order chi connectivity index (χ1) is 68.7. The summed E-state index contributed by atoms with van der Waals surface area (Å²) >= 11 is 0. The second-order valence-corrected chi connectivity index (χ2v) is 36.5. The molecule has 12 aromatic rings. The molecule has 732 valence electrons. The summed E-state index contributed by atoms with van der Waals surface area (Å²) in [5.74, 6) is 29.2. The lowest BCUT2D eigenvalue weighted by molar-refractivity contribution is -0.108. The second-order valence-electron chi connectivity index (χ2n) is 36.5. The molecule has 18 rings (SSSR count). The number of nitrogens with zero attached hydrogens (tertiary/aromatic N) is 12. The van der Waals surface area contributed by atoms with E-state index in [9.17, 15) is 63.9 Å². The molecular weight excluding hydrogens is 1850 g/mol. The molecule has 4 saturated heterocycles. The van der Waals surface area contributed by atoms with Gasteiger partial charge in [0.25, 0.3) is 35.4 Å². The Morgan fingerprint density at radius 2 is 0.444 bits per heavy atom. The fourth-order valence-electron chi connectivity index (χ4n) is 13.7. The zero-order valence-electron chi connectivity index (χ0n) is 81.1. The van der Waals surface area contributed by atoms with Crippen LogP contribution in [0.25, 0.3) is 0 Å². The fourth-order valence-corrected chi connectivity index (χ4v) is 13.7. The van der Waals surface area contributed by atoms with Crippen LogP contribution in [0.2, 0.25) is 0 Å². The summed E-state index contributed by atoms with van der Waals surface area (Å²) in [6, 6.07) is 50.9. The molecule has 6 fully saturated rings. The van der Waals surface area contributed by atoms with Crippen LogP contribution in [-0.4, -0.2) is 223 Å². The number of carbonyl (C=O) groups excluding carboxylic acids is 6. The summed E-state index contributed by atoms with van der Waals surface area (Å²) in [5.41, 5.74) is 7.79. The summed E-state index contributed by atoms with van der Waals surface area (Å²) < 4.78 is 125. The Kier molecular flexibility index (Phi) is 33.8. The Morgan fingerprint density at radius 1 is 0.229 bits per heavy atom. The highest BCUT2D eigenvalue weighted by Gasteiger charge is 2.47. The molecule has 0 spiro atoms. The van der Waals surface area contributed by atoms with Crippen molar-refractivity contribution in [1.29, 1.82) is 0 Å². The highest BCUT2D eigenvalue weighted by molar-refractivity contribution is 5.96. The van der Waals surface area contributed by atoms with Crippen molar-refractivity contribution in [1.82, 2.24) is 59.3 Å². The summed E-state index contributed by atoms with van der Waals surface area (Å²) in [7, 11) is 10.6. The highest BCUT2D eigenvalue weighted by Crippen LogP contribution is 2.42. The number of amides is 6. The number of hydrogen-bond donors (Lipinski definition) is 0. The maximum Gasteiger partial charge on any atom is 0.272 e. The zero-order valence-corrected chi connectivity index (χ0v) is 81.1. The minimum Gasteiger partial charge on any atom is -0.376 e. The molecule has 22 nitrogen and oxygen atoms in total. The van der Waals surface area contributed by atoms with Crippen LogP contribution in [0.3, 0.4) is 0 Å². The molecule has 2 aliphatic carbocycles. The topological polar surface area (TPSA) is 236 Å². The summed E-state index contributed by atoms with van der Waals surface area (Å²) in [6.07, 6.45) is 13.3. The third-order valence-electron chi connectivity index (χ3n) is 25.1. The van der Waals surface area contributed by atoms with Gasteiger partial charge in [0.15, 0.2) is 11.6 Å². The van der Waals surface area contributed by atoms with Gasteiger partial charge in [-0.1, -0.05) is 83.2 Å². The second kappa shape index (κ2) is 46.4. The monoisotopic (exact) mass is 1950 g/mol. The van der Waals surface area contributed by atoms with E-state index in [2.05, 4.69) is 115 Å². The van der Waals surface area contributed by atoms with E-state index < -0.39 is 23.3 Å². The van der Waals surface area contributed by atoms with Gasteiger partial charge in [-0.05, 0) is 261 Å². The molecular formula is C114H100F8N12O10. The van der Waals surface area contributed by atoms with Crippen molar-refractivity contribution in [2.24, 2.45) is 0 Å². The van der Waals surface area contributed by atoms with Gasteiger partial charge in [-0.3, -0.25) is 28.8 Å². The van der Waals surface area contributed by atoms with Crippen LogP contribution in [0.1, 0.15) is 197 Å². The van der Waals surface area contributed by atoms with E-state index >= 15 is 0 Å². The molecule has 0 unspecified atom stereocenters. The molecule has 0 N–H and O–H groups in total. The average Bonchev–Trinajstić information content (AvgIpc) is 1.73. The first-order valence-corrected chi connectivity index (χ1v) is 45.5. The number of halogens is 8. The summed E-state index contributed by atoms with van der Waals surface area (Å²) in [6.45, 7) is 16.2. The molecule has 0 bridgehead atoms. The van der Waals surface area contributed by atoms with Crippen LogP contribution in [0, 0.1) is 118 Å². The minimum absolute atomic E-state index is 0.0141. The van der Waals surface area contributed by atoms with E-state index in [0.717, 1.165) is 61.6 Å². The molecule has 2 saturated carbocycles. The van der Waals surface area contributed by atoms with Gasteiger partial charge in [-0.15, -0.1) is 0 Å². The van der Waals surface area contributed by atoms with Crippen molar-refractivity contribution in [3.8, 4) is 71.0 Å². The minimum atomic E-state index is -0.942. The van der Waals surface area contributed by atoms with Crippen molar-refractivity contribution in [2.45, 2.75) is 100 Å². The quantitative estimate of drug-likeness (QED) is 0.0816. The SMILES string of the molecule is CN(C(=O)c1ccc(C#Cc2cc(F)ccc2F)cn1)C1(C)COC1.CN(C(=O)c1ccc(C#Cc2ccc(F)c(F)c2)cn1)C1(C)COC1.CN(C(=O)c1ccc(C#Cc2ccc(F)cc2)cn1)C1(C)CC1.CN(C(=O)c1ccc(C#Cc2ccc(F)cc2)cn1)C1(C)COC1.CN(C(=O)c1ccc(C#Cc2cccc(F)c2)cn1)C1(C)CC1.CN(C(=O)c1ccc(C#Cc2cccc(F)c2)cn1)C1(C)COC1. The van der Waals surface area contributed by atoms with Crippen molar-refractivity contribution in [2.75, 3.05) is 95.1 Å². The number of benzene rings is 6. The van der Waals surface area contributed by atoms with Crippen molar-refractivity contribution in [3.63, 3.8) is 0 Å². The number of rotatable bonds is 12. The Bertz CT molecular complexity index is 7140. The smallest absolute Gasteiger partial charge is 0.272 e. The molecule has 6 amide bonds. The van der Waals surface area contributed by atoms with Crippen LogP contribution in [0.15, 0.2) is 243 Å². The molecule has 144 heavy (non-hydrogen) atoms. The number of ether oxygens (including phenoxy) is 4. The lowest BCUT2D eigenvalue weighted by Gasteiger charge is -2.45. The van der Waals surface area contributed by atoms with Crippen molar-refractivity contribution >= 4 is 35.4 Å².